The maximum atomic E-state index is 12.9. The summed E-state index contributed by atoms with van der Waals surface area (Å²) in [5.41, 5.74) is 2.37. The first-order chi connectivity index (χ1) is 12.2. The predicted octanol–water partition coefficient (Wildman–Crippen LogP) is 2.30. The SMILES string of the molecule is Cc1cccc(N2CCN(C(=O)c3cnnc4ccccc34)CC2)n1. The molecule has 0 atom stereocenters. The molecule has 126 valence electrons. The maximum absolute atomic E-state index is 12.9. The van der Waals surface area contributed by atoms with Crippen molar-refractivity contribution in [1.82, 2.24) is 20.1 Å². The summed E-state index contributed by atoms with van der Waals surface area (Å²) in [6, 6.07) is 13.6. The van der Waals surface area contributed by atoms with E-state index < -0.39 is 0 Å². The Morgan fingerprint density at radius 3 is 2.60 bits per heavy atom. The molecule has 4 rings (SSSR count). The van der Waals surface area contributed by atoms with Gasteiger partial charge in [-0.15, -0.1) is 0 Å². The van der Waals surface area contributed by atoms with E-state index in [-0.39, 0.29) is 5.91 Å². The van der Waals surface area contributed by atoms with E-state index in [0.29, 0.717) is 18.7 Å². The van der Waals surface area contributed by atoms with Crippen LogP contribution < -0.4 is 4.90 Å². The first kappa shape index (κ1) is 15.5. The van der Waals surface area contributed by atoms with Gasteiger partial charge in [-0.3, -0.25) is 4.79 Å². The Labute approximate surface area is 146 Å². The number of carbonyl (C=O) groups excluding carboxylic acids is 1. The third-order valence-corrected chi connectivity index (χ3v) is 4.54. The predicted molar refractivity (Wildman–Crippen MR) is 96.6 cm³/mol. The van der Waals surface area contributed by atoms with Gasteiger partial charge in [-0.25, -0.2) is 4.98 Å². The molecule has 0 radical (unpaired) electrons. The molecule has 2 aromatic heterocycles. The molecule has 3 heterocycles. The van der Waals surface area contributed by atoms with Gasteiger partial charge < -0.3 is 9.80 Å². The Kier molecular flexibility index (Phi) is 4.01. The van der Waals surface area contributed by atoms with Crippen molar-refractivity contribution in [3.63, 3.8) is 0 Å². The fourth-order valence-electron chi connectivity index (χ4n) is 3.19. The Bertz CT molecular complexity index is 913. The molecule has 0 aliphatic carbocycles. The molecule has 0 N–H and O–H groups in total. The van der Waals surface area contributed by atoms with Crippen LogP contribution in [0.1, 0.15) is 16.1 Å². The van der Waals surface area contributed by atoms with Gasteiger partial charge in [0.15, 0.2) is 0 Å². The fourth-order valence-corrected chi connectivity index (χ4v) is 3.19. The summed E-state index contributed by atoms with van der Waals surface area (Å²) in [5.74, 6) is 0.992. The summed E-state index contributed by atoms with van der Waals surface area (Å²) in [5, 5.41) is 8.93. The summed E-state index contributed by atoms with van der Waals surface area (Å²) in [6.07, 6.45) is 1.57. The van der Waals surface area contributed by atoms with Crippen LogP contribution in [0, 0.1) is 6.92 Å². The Morgan fingerprint density at radius 2 is 1.80 bits per heavy atom. The summed E-state index contributed by atoms with van der Waals surface area (Å²) >= 11 is 0. The highest BCUT2D eigenvalue weighted by atomic mass is 16.2. The van der Waals surface area contributed by atoms with E-state index >= 15 is 0 Å². The van der Waals surface area contributed by atoms with Gasteiger partial charge in [0.2, 0.25) is 0 Å². The largest absolute Gasteiger partial charge is 0.353 e. The molecule has 1 aromatic carbocycles. The molecule has 1 saturated heterocycles. The average molecular weight is 333 g/mol. The van der Waals surface area contributed by atoms with Gasteiger partial charge in [-0.05, 0) is 25.1 Å². The van der Waals surface area contributed by atoms with Crippen molar-refractivity contribution in [2.24, 2.45) is 0 Å². The highest BCUT2D eigenvalue weighted by Crippen LogP contribution is 2.19. The van der Waals surface area contributed by atoms with E-state index in [1.165, 1.54) is 0 Å². The first-order valence-electron chi connectivity index (χ1n) is 8.41. The van der Waals surface area contributed by atoms with Crippen molar-refractivity contribution in [2.45, 2.75) is 6.92 Å². The molecule has 0 unspecified atom stereocenters. The Balaban J connectivity index is 1.51. The molecule has 0 bridgehead atoms. The normalized spacial score (nSPS) is 14.8. The van der Waals surface area contributed by atoms with Crippen molar-refractivity contribution in [3.05, 3.63) is 59.9 Å². The number of hydrogen-bond acceptors (Lipinski definition) is 5. The lowest BCUT2D eigenvalue weighted by atomic mass is 10.1. The van der Waals surface area contributed by atoms with Crippen molar-refractivity contribution < 1.29 is 4.79 Å². The second-order valence-electron chi connectivity index (χ2n) is 6.19. The van der Waals surface area contributed by atoms with E-state index in [9.17, 15) is 4.79 Å². The lowest BCUT2D eigenvalue weighted by Gasteiger charge is -2.35. The number of hydrogen-bond donors (Lipinski definition) is 0. The monoisotopic (exact) mass is 333 g/mol. The minimum atomic E-state index is 0.0166. The number of piperazine rings is 1. The highest BCUT2D eigenvalue weighted by molar-refractivity contribution is 6.05. The molecular weight excluding hydrogens is 314 g/mol. The zero-order valence-corrected chi connectivity index (χ0v) is 14.1. The fraction of sp³-hybridized carbons (Fsp3) is 0.263. The molecule has 0 saturated carbocycles. The second kappa shape index (κ2) is 6.47. The summed E-state index contributed by atoms with van der Waals surface area (Å²) in [4.78, 5) is 21.6. The Morgan fingerprint density at radius 1 is 1.00 bits per heavy atom. The van der Waals surface area contributed by atoms with Crippen molar-refractivity contribution >= 4 is 22.6 Å². The number of aryl methyl sites for hydroxylation is 1. The van der Waals surface area contributed by atoms with Crippen LogP contribution in [0.4, 0.5) is 5.82 Å². The zero-order chi connectivity index (χ0) is 17.2. The number of anilines is 1. The van der Waals surface area contributed by atoms with Crippen LogP contribution >= 0.6 is 0 Å². The van der Waals surface area contributed by atoms with Gasteiger partial charge in [0.05, 0.1) is 17.3 Å². The number of amides is 1. The van der Waals surface area contributed by atoms with Gasteiger partial charge >= 0.3 is 0 Å². The Hall–Kier alpha value is -3.02. The topological polar surface area (TPSA) is 62.2 Å². The molecule has 0 spiro atoms. The van der Waals surface area contributed by atoms with Crippen molar-refractivity contribution in [1.29, 1.82) is 0 Å². The minimum absolute atomic E-state index is 0.0166. The molecular formula is C19H19N5O. The van der Waals surface area contributed by atoms with Crippen LogP contribution in [0.5, 0.6) is 0 Å². The molecule has 1 fully saturated rings. The van der Waals surface area contributed by atoms with Gasteiger partial charge in [0.25, 0.3) is 5.91 Å². The minimum Gasteiger partial charge on any atom is -0.353 e. The number of aromatic nitrogens is 3. The summed E-state index contributed by atoms with van der Waals surface area (Å²) in [6.45, 7) is 4.89. The van der Waals surface area contributed by atoms with Crippen molar-refractivity contribution in [2.75, 3.05) is 31.1 Å². The van der Waals surface area contributed by atoms with E-state index in [0.717, 1.165) is 35.5 Å². The van der Waals surface area contributed by atoms with Crippen LogP contribution in [0.2, 0.25) is 0 Å². The molecule has 6 heteroatoms. The first-order valence-corrected chi connectivity index (χ1v) is 8.41. The highest BCUT2D eigenvalue weighted by Gasteiger charge is 2.24. The lowest BCUT2D eigenvalue weighted by molar-refractivity contribution is 0.0748. The summed E-state index contributed by atoms with van der Waals surface area (Å²) in [7, 11) is 0. The number of fused-ring (bicyclic) bond motifs is 1. The summed E-state index contributed by atoms with van der Waals surface area (Å²) < 4.78 is 0. The number of rotatable bonds is 2. The zero-order valence-electron chi connectivity index (χ0n) is 14.1. The van der Waals surface area contributed by atoms with E-state index in [1.807, 2.05) is 54.3 Å². The van der Waals surface area contributed by atoms with Gasteiger partial charge in [0.1, 0.15) is 5.82 Å². The molecule has 25 heavy (non-hydrogen) atoms. The van der Waals surface area contributed by atoms with Crippen LogP contribution in [0.15, 0.2) is 48.7 Å². The number of carbonyl (C=O) groups is 1. The van der Waals surface area contributed by atoms with E-state index in [1.54, 1.807) is 6.20 Å². The number of pyridine rings is 1. The second-order valence-corrected chi connectivity index (χ2v) is 6.19. The third-order valence-electron chi connectivity index (χ3n) is 4.54. The lowest BCUT2D eigenvalue weighted by Crippen LogP contribution is -2.49. The molecule has 1 aliphatic heterocycles. The third kappa shape index (κ3) is 3.03. The average Bonchev–Trinajstić information content (AvgIpc) is 2.67. The van der Waals surface area contributed by atoms with Gasteiger partial charge in [0, 0.05) is 37.3 Å². The smallest absolute Gasteiger partial charge is 0.256 e. The van der Waals surface area contributed by atoms with E-state index in [4.69, 9.17) is 0 Å². The van der Waals surface area contributed by atoms with Crippen LogP contribution in [-0.4, -0.2) is 52.2 Å². The molecule has 6 nitrogen and oxygen atoms in total. The number of benzene rings is 1. The molecule has 3 aromatic rings. The van der Waals surface area contributed by atoms with Crippen LogP contribution in [0.3, 0.4) is 0 Å². The van der Waals surface area contributed by atoms with Crippen LogP contribution in [0.25, 0.3) is 10.9 Å². The molecule has 1 aliphatic rings. The van der Waals surface area contributed by atoms with Gasteiger partial charge in [-0.1, -0.05) is 24.3 Å². The standard InChI is InChI=1S/C19H19N5O/c1-14-5-4-8-18(21-14)23-9-11-24(12-10-23)19(25)16-13-20-22-17-7-3-2-6-15(16)17/h2-8,13H,9-12H2,1H3. The van der Waals surface area contributed by atoms with Crippen molar-refractivity contribution in [3.8, 4) is 0 Å². The van der Waals surface area contributed by atoms with Gasteiger partial charge in [-0.2, -0.15) is 10.2 Å². The quantitative estimate of drug-likeness (QED) is 0.720. The van der Waals surface area contributed by atoms with E-state index in [2.05, 4.69) is 20.1 Å². The molecule has 1 amide bonds. The van der Waals surface area contributed by atoms with Crippen LogP contribution in [-0.2, 0) is 0 Å². The maximum Gasteiger partial charge on any atom is 0.256 e. The number of nitrogens with zero attached hydrogens (tertiary/aromatic N) is 5.